The SMILES string of the molecule is Cc1cc(C(=O)N(C)c2ccc3ccccc3c2)c2c(C)nn(C)c2n1. The third kappa shape index (κ3) is 2.52. The molecule has 0 unspecified atom stereocenters. The van der Waals surface area contributed by atoms with Gasteiger partial charge in [-0.2, -0.15) is 5.10 Å². The molecule has 130 valence electrons. The van der Waals surface area contributed by atoms with E-state index in [1.807, 2.05) is 57.3 Å². The number of nitrogens with zero attached hydrogens (tertiary/aromatic N) is 4. The van der Waals surface area contributed by atoms with Crippen molar-refractivity contribution < 1.29 is 4.79 Å². The third-order valence-corrected chi connectivity index (χ3v) is 4.75. The molecule has 0 saturated heterocycles. The van der Waals surface area contributed by atoms with E-state index in [1.54, 1.807) is 16.6 Å². The van der Waals surface area contributed by atoms with E-state index in [9.17, 15) is 4.79 Å². The summed E-state index contributed by atoms with van der Waals surface area (Å²) in [6.45, 7) is 3.81. The van der Waals surface area contributed by atoms with Gasteiger partial charge in [0.25, 0.3) is 5.91 Å². The Hall–Kier alpha value is -3.21. The zero-order chi connectivity index (χ0) is 18.4. The number of aromatic nitrogens is 3. The molecule has 0 aliphatic heterocycles. The van der Waals surface area contributed by atoms with E-state index < -0.39 is 0 Å². The Morgan fingerprint density at radius 2 is 1.77 bits per heavy atom. The molecule has 0 N–H and O–H groups in total. The van der Waals surface area contributed by atoms with E-state index in [4.69, 9.17) is 0 Å². The normalized spacial score (nSPS) is 11.2. The average molecular weight is 344 g/mol. The Bertz CT molecular complexity index is 1160. The zero-order valence-electron chi connectivity index (χ0n) is 15.3. The number of anilines is 1. The summed E-state index contributed by atoms with van der Waals surface area (Å²) in [5, 5.41) is 7.51. The van der Waals surface area contributed by atoms with E-state index in [1.165, 1.54) is 0 Å². The van der Waals surface area contributed by atoms with Crippen molar-refractivity contribution in [3.63, 3.8) is 0 Å². The van der Waals surface area contributed by atoms with Gasteiger partial charge in [0.05, 0.1) is 16.6 Å². The van der Waals surface area contributed by atoms with Crippen LogP contribution >= 0.6 is 0 Å². The van der Waals surface area contributed by atoms with Crippen LogP contribution in [0.15, 0.2) is 48.5 Å². The summed E-state index contributed by atoms with van der Waals surface area (Å²) in [5.41, 5.74) is 3.84. The van der Waals surface area contributed by atoms with Gasteiger partial charge in [0.1, 0.15) is 0 Å². The van der Waals surface area contributed by atoms with Gasteiger partial charge in [0.15, 0.2) is 5.65 Å². The predicted molar refractivity (Wildman–Crippen MR) is 105 cm³/mol. The van der Waals surface area contributed by atoms with Crippen molar-refractivity contribution in [2.75, 3.05) is 11.9 Å². The molecule has 0 bridgehead atoms. The van der Waals surface area contributed by atoms with Gasteiger partial charge in [-0.25, -0.2) is 4.98 Å². The highest BCUT2D eigenvalue weighted by Gasteiger charge is 2.21. The Labute approximate surface area is 151 Å². The Morgan fingerprint density at radius 1 is 1.04 bits per heavy atom. The molecule has 0 fully saturated rings. The zero-order valence-corrected chi connectivity index (χ0v) is 15.3. The minimum atomic E-state index is -0.0631. The lowest BCUT2D eigenvalue weighted by atomic mass is 10.1. The molecule has 0 radical (unpaired) electrons. The standard InChI is InChI=1S/C21H20N4O/c1-13-11-18(19-14(2)23-25(4)20(19)22-13)21(26)24(3)17-10-9-15-7-5-6-8-16(15)12-17/h5-12H,1-4H3. The number of benzene rings is 2. The molecule has 1 amide bonds. The number of pyridine rings is 1. The first kappa shape index (κ1) is 16.3. The number of fused-ring (bicyclic) bond motifs is 2. The van der Waals surface area contributed by atoms with Gasteiger partial charge in [-0.15, -0.1) is 0 Å². The largest absolute Gasteiger partial charge is 0.311 e. The summed E-state index contributed by atoms with van der Waals surface area (Å²) in [6.07, 6.45) is 0. The van der Waals surface area contributed by atoms with Crippen molar-refractivity contribution in [3.05, 3.63) is 65.5 Å². The summed E-state index contributed by atoms with van der Waals surface area (Å²) in [6, 6.07) is 16.0. The number of amides is 1. The maximum atomic E-state index is 13.3. The molecule has 0 saturated carbocycles. The molecule has 5 nitrogen and oxygen atoms in total. The van der Waals surface area contributed by atoms with Gasteiger partial charge in [-0.05, 0) is 42.8 Å². The molecule has 4 aromatic rings. The molecule has 2 heterocycles. The van der Waals surface area contributed by atoms with Crippen LogP contribution in [0.2, 0.25) is 0 Å². The van der Waals surface area contributed by atoms with Crippen LogP contribution in [0, 0.1) is 13.8 Å². The molecule has 0 aliphatic carbocycles. The first-order chi connectivity index (χ1) is 12.5. The van der Waals surface area contributed by atoms with Crippen LogP contribution in [0.1, 0.15) is 21.7 Å². The first-order valence-electron chi connectivity index (χ1n) is 8.53. The van der Waals surface area contributed by atoms with Gasteiger partial charge in [0, 0.05) is 25.5 Å². The van der Waals surface area contributed by atoms with Crippen LogP contribution in [-0.4, -0.2) is 27.7 Å². The molecule has 5 heteroatoms. The summed E-state index contributed by atoms with van der Waals surface area (Å²) < 4.78 is 1.73. The lowest BCUT2D eigenvalue weighted by molar-refractivity contribution is 0.0994. The summed E-state index contributed by atoms with van der Waals surface area (Å²) in [7, 11) is 3.66. The van der Waals surface area contributed by atoms with Crippen molar-refractivity contribution in [1.82, 2.24) is 14.8 Å². The highest BCUT2D eigenvalue weighted by atomic mass is 16.2. The number of hydrogen-bond donors (Lipinski definition) is 0. The number of carbonyl (C=O) groups excluding carboxylic acids is 1. The summed E-state index contributed by atoms with van der Waals surface area (Å²) in [5.74, 6) is -0.0631. The molecule has 2 aromatic heterocycles. The van der Waals surface area contributed by atoms with Crippen molar-refractivity contribution >= 4 is 33.4 Å². The van der Waals surface area contributed by atoms with Crippen LogP contribution in [0.25, 0.3) is 21.8 Å². The molecule has 0 atom stereocenters. The van der Waals surface area contributed by atoms with E-state index >= 15 is 0 Å². The van der Waals surface area contributed by atoms with Gasteiger partial charge in [-0.1, -0.05) is 30.3 Å². The maximum Gasteiger partial charge on any atom is 0.258 e. The maximum absolute atomic E-state index is 13.3. The Kier molecular flexibility index (Phi) is 3.72. The van der Waals surface area contributed by atoms with Crippen LogP contribution < -0.4 is 4.90 Å². The van der Waals surface area contributed by atoms with Gasteiger partial charge in [0.2, 0.25) is 0 Å². The van der Waals surface area contributed by atoms with E-state index in [-0.39, 0.29) is 5.91 Å². The topological polar surface area (TPSA) is 51.0 Å². The van der Waals surface area contributed by atoms with E-state index in [2.05, 4.69) is 22.2 Å². The van der Waals surface area contributed by atoms with Crippen LogP contribution in [0.4, 0.5) is 5.69 Å². The molecule has 0 aliphatic rings. The fourth-order valence-corrected chi connectivity index (χ4v) is 3.42. The Balaban J connectivity index is 1.82. The monoisotopic (exact) mass is 344 g/mol. The second kappa shape index (κ2) is 5.95. The van der Waals surface area contributed by atoms with Crippen molar-refractivity contribution in [3.8, 4) is 0 Å². The van der Waals surface area contributed by atoms with Crippen molar-refractivity contribution in [2.45, 2.75) is 13.8 Å². The number of carbonyl (C=O) groups is 1. The quantitative estimate of drug-likeness (QED) is 0.552. The average Bonchev–Trinajstić information content (AvgIpc) is 2.93. The third-order valence-electron chi connectivity index (χ3n) is 4.75. The molecule has 26 heavy (non-hydrogen) atoms. The fourth-order valence-electron chi connectivity index (χ4n) is 3.42. The molecular weight excluding hydrogens is 324 g/mol. The minimum Gasteiger partial charge on any atom is -0.311 e. The van der Waals surface area contributed by atoms with E-state index in [0.29, 0.717) is 5.56 Å². The van der Waals surface area contributed by atoms with Crippen LogP contribution in [0.5, 0.6) is 0 Å². The second-order valence-electron chi connectivity index (χ2n) is 6.61. The number of aryl methyl sites for hydroxylation is 3. The molecule has 4 rings (SSSR count). The number of hydrogen-bond acceptors (Lipinski definition) is 3. The first-order valence-corrected chi connectivity index (χ1v) is 8.53. The van der Waals surface area contributed by atoms with E-state index in [0.717, 1.165) is 38.9 Å². The van der Waals surface area contributed by atoms with Gasteiger partial charge < -0.3 is 4.90 Å². The highest BCUT2D eigenvalue weighted by Crippen LogP contribution is 2.26. The highest BCUT2D eigenvalue weighted by molar-refractivity contribution is 6.14. The lowest BCUT2D eigenvalue weighted by Crippen LogP contribution is -2.26. The van der Waals surface area contributed by atoms with Crippen molar-refractivity contribution in [2.24, 2.45) is 7.05 Å². The van der Waals surface area contributed by atoms with Crippen LogP contribution in [-0.2, 0) is 7.05 Å². The second-order valence-corrected chi connectivity index (χ2v) is 6.61. The van der Waals surface area contributed by atoms with Crippen molar-refractivity contribution in [1.29, 1.82) is 0 Å². The van der Waals surface area contributed by atoms with Gasteiger partial charge >= 0.3 is 0 Å². The van der Waals surface area contributed by atoms with Gasteiger partial charge in [-0.3, -0.25) is 9.48 Å². The minimum absolute atomic E-state index is 0.0631. The fraction of sp³-hybridized carbons (Fsp3) is 0.190. The summed E-state index contributed by atoms with van der Waals surface area (Å²) >= 11 is 0. The lowest BCUT2D eigenvalue weighted by Gasteiger charge is -2.19. The smallest absolute Gasteiger partial charge is 0.258 e. The summed E-state index contributed by atoms with van der Waals surface area (Å²) in [4.78, 5) is 19.5. The number of rotatable bonds is 2. The predicted octanol–water partition coefficient (Wildman–Crippen LogP) is 4.01. The van der Waals surface area contributed by atoms with Crippen LogP contribution in [0.3, 0.4) is 0 Å². The molecule has 0 spiro atoms. The molecule has 2 aromatic carbocycles. The Morgan fingerprint density at radius 3 is 2.54 bits per heavy atom. The molecular formula is C21H20N4O.